The topological polar surface area (TPSA) is 61.0 Å². The van der Waals surface area contributed by atoms with Crippen LogP contribution in [-0.4, -0.2) is 16.3 Å². The lowest BCUT2D eigenvalue weighted by molar-refractivity contribution is 0.0393. The van der Waals surface area contributed by atoms with Gasteiger partial charge in [0.15, 0.2) is 0 Å². The molecular weight excluding hydrogens is 198 g/mol. The Bertz CT molecular complexity index is 275. The van der Waals surface area contributed by atoms with Crippen molar-refractivity contribution in [3.8, 4) is 0 Å². The summed E-state index contributed by atoms with van der Waals surface area (Å²) in [7, 11) is 0. The van der Waals surface area contributed by atoms with Gasteiger partial charge in [0.05, 0.1) is 6.10 Å². The van der Waals surface area contributed by atoms with Gasteiger partial charge >= 0.3 is 0 Å². The van der Waals surface area contributed by atoms with Crippen molar-refractivity contribution in [1.82, 2.24) is 10.2 Å². The number of hydrogen-bond acceptors (Lipinski definition) is 5. The van der Waals surface area contributed by atoms with E-state index >= 15 is 0 Å². The van der Waals surface area contributed by atoms with Crippen LogP contribution in [0.5, 0.6) is 0 Å². The summed E-state index contributed by atoms with van der Waals surface area (Å²) in [5, 5.41) is 8.95. The smallest absolute Gasteiger partial charge is 0.203 e. The first kappa shape index (κ1) is 11.4. The summed E-state index contributed by atoms with van der Waals surface area (Å²) < 4.78 is 5.60. The number of nitrogens with zero attached hydrogens (tertiary/aromatic N) is 2. The Hall–Kier alpha value is -0.680. The molecule has 0 bridgehead atoms. The van der Waals surface area contributed by atoms with Gasteiger partial charge in [-0.1, -0.05) is 25.2 Å². The first-order valence-electron chi connectivity index (χ1n) is 4.77. The summed E-state index contributed by atoms with van der Waals surface area (Å²) in [4.78, 5) is 0. The molecule has 1 aromatic rings. The van der Waals surface area contributed by atoms with Gasteiger partial charge in [0.1, 0.15) is 11.6 Å². The van der Waals surface area contributed by atoms with Crippen molar-refractivity contribution < 1.29 is 4.74 Å². The van der Waals surface area contributed by atoms with Crippen molar-refractivity contribution in [2.75, 3.05) is 5.73 Å². The second kappa shape index (κ2) is 5.26. The van der Waals surface area contributed by atoms with E-state index in [1.807, 2.05) is 0 Å². The molecule has 1 heterocycles. The highest BCUT2D eigenvalue weighted by molar-refractivity contribution is 7.15. The second-order valence-electron chi connectivity index (χ2n) is 3.79. The number of rotatable bonds is 5. The molecule has 80 valence electrons. The third kappa shape index (κ3) is 4.02. The molecule has 14 heavy (non-hydrogen) atoms. The zero-order chi connectivity index (χ0) is 10.6. The molecule has 1 unspecified atom stereocenters. The standard InChI is InChI=1S/C9H17N3OS/c1-6(2)4-7(3)13-5-8-11-12-9(10)14-8/h6-7H,4-5H2,1-3H3,(H2,10,12). The highest BCUT2D eigenvalue weighted by atomic mass is 32.1. The Balaban J connectivity index is 2.26. The van der Waals surface area contributed by atoms with Crippen molar-refractivity contribution in [2.24, 2.45) is 5.92 Å². The minimum atomic E-state index is 0.264. The van der Waals surface area contributed by atoms with Crippen molar-refractivity contribution in [1.29, 1.82) is 0 Å². The molecule has 0 spiro atoms. The zero-order valence-electron chi connectivity index (χ0n) is 8.86. The van der Waals surface area contributed by atoms with E-state index in [1.165, 1.54) is 11.3 Å². The van der Waals surface area contributed by atoms with E-state index in [0.29, 0.717) is 17.7 Å². The summed E-state index contributed by atoms with van der Waals surface area (Å²) in [6.45, 7) is 6.96. The maximum absolute atomic E-state index is 5.60. The molecule has 4 nitrogen and oxygen atoms in total. The van der Waals surface area contributed by atoms with Crippen molar-refractivity contribution in [2.45, 2.75) is 39.9 Å². The normalized spacial score (nSPS) is 13.4. The van der Waals surface area contributed by atoms with E-state index in [1.54, 1.807) is 0 Å². The fourth-order valence-corrected chi connectivity index (χ4v) is 1.80. The monoisotopic (exact) mass is 215 g/mol. The van der Waals surface area contributed by atoms with Gasteiger partial charge in [0.25, 0.3) is 0 Å². The van der Waals surface area contributed by atoms with E-state index < -0.39 is 0 Å². The summed E-state index contributed by atoms with van der Waals surface area (Å²) in [5.74, 6) is 0.657. The minimum absolute atomic E-state index is 0.264. The third-order valence-corrected chi connectivity index (χ3v) is 2.50. The number of anilines is 1. The molecule has 0 fully saturated rings. The molecule has 0 amide bonds. The van der Waals surface area contributed by atoms with E-state index in [4.69, 9.17) is 10.5 Å². The predicted molar refractivity (Wildman–Crippen MR) is 58.0 cm³/mol. The van der Waals surface area contributed by atoms with Crippen LogP contribution in [0.15, 0.2) is 0 Å². The van der Waals surface area contributed by atoms with Gasteiger partial charge in [0, 0.05) is 0 Å². The highest BCUT2D eigenvalue weighted by Crippen LogP contribution is 2.14. The van der Waals surface area contributed by atoms with Crippen LogP contribution in [0.4, 0.5) is 5.13 Å². The largest absolute Gasteiger partial charge is 0.374 e. The Morgan fingerprint density at radius 2 is 2.07 bits per heavy atom. The van der Waals surface area contributed by atoms with Gasteiger partial charge in [-0.05, 0) is 19.3 Å². The highest BCUT2D eigenvalue weighted by Gasteiger charge is 2.07. The lowest BCUT2D eigenvalue weighted by Crippen LogP contribution is -2.10. The van der Waals surface area contributed by atoms with Crippen LogP contribution in [0, 0.1) is 5.92 Å². The SMILES string of the molecule is CC(C)CC(C)OCc1nnc(N)s1. The molecule has 1 rings (SSSR count). The van der Waals surface area contributed by atoms with Gasteiger partial charge in [-0.25, -0.2) is 0 Å². The molecule has 2 N–H and O–H groups in total. The molecule has 0 aliphatic rings. The Labute approximate surface area is 88.5 Å². The Morgan fingerprint density at radius 1 is 1.36 bits per heavy atom. The van der Waals surface area contributed by atoms with Gasteiger partial charge < -0.3 is 10.5 Å². The predicted octanol–water partition coefficient (Wildman–Crippen LogP) is 2.07. The van der Waals surface area contributed by atoms with Gasteiger partial charge in [0.2, 0.25) is 5.13 Å². The lowest BCUT2D eigenvalue weighted by Gasteiger charge is -2.13. The van der Waals surface area contributed by atoms with E-state index in [0.717, 1.165) is 11.4 Å². The summed E-state index contributed by atoms with van der Waals surface area (Å²) in [5.41, 5.74) is 5.46. The lowest BCUT2D eigenvalue weighted by atomic mass is 10.1. The summed E-state index contributed by atoms with van der Waals surface area (Å²) in [6, 6.07) is 0. The molecular formula is C9H17N3OS. The van der Waals surface area contributed by atoms with Gasteiger partial charge in [-0.15, -0.1) is 10.2 Å². The Morgan fingerprint density at radius 3 is 2.57 bits per heavy atom. The van der Waals surface area contributed by atoms with Crippen LogP contribution in [0.3, 0.4) is 0 Å². The molecule has 1 aromatic heterocycles. The minimum Gasteiger partial charge on any atom is -0.374 e. The zero-order valence-corrected chi connectivity index (χ0v) is 9.67. The number of nitrogens with two attached hydrogens (primary N) is 1. The number of ether oxygens (including phenoxy) is 1. The molecule has 0 aromatic carbocycles. The van der Waals surface area contributed by atoms with Crippen molar-refractivity contribution in [3.05, 3.63) is 5.01 Å². The van der Waals surface area contributed by atoms with Crippen LogP contribution in [-0.2, 0) is 11.3 Å². The molecule has 0 saturated heterocycles. The fraction of sp³-hybridized carbons (Fsp3) is 0.778. The van der Waals surface area contributed by atoms with Crippen LogP contribution in [0.25, 0.3) is 0 Å². The second-order valence-corrected chi connectivity index (χ2v) is 4.88. The molecule has 0 radical (unpaired) electrons. The fourth-order valence-electron chi connectivity index (χ4n) is 1.27. The number of aromatic nitrogens is 2. The first-order chi connectivity index (χ1) is 6.58. The maximum atomic E-state index is 5.60. The first-order valence-corrected chi connectivity index (χ1v) is 5.59. The average Bonchev–Trinajstić information content (AvgIpc) is 2.47. The van der Waals surface area contributed by atoms with Crippen molar-refractivity contribution in [3.63, 3.8) is 0 Å². The van der Waals surface area contributed by atoms with E-state index in [2.05, 4.69) is 31.0 Å². The van der Waals surface area contributed by atoms with Gasteiger partial charge in [-0.2, -0.15) is 0 Å². The summed E-state index contributed by atoms with van der Waals surface area (Å²) >= 11 is 1.38. The third-order valence-electron chi connectivity index (χ3n) is 1.78. The van der Waals surface area contributed by atoms with Crippen LogP contribution < -0.4 is 5.73 Å². The van der Waals surface area contributed by atoms with E-state index in [-0.39, 0.29) is 6.10 Å². The molecule has 0 aliphatic carbocycles. The number of hydrogen-bond donors (Lipinski definition) is 1. The molecule has 0 aliphatic heterocycles. The van der Waals surface area contributed by atoms with Crippen LogP contribution >= 0.6 is 11.3 Å². The maximum Gasteiger partial charge on any atom is 0.203 e. The van der Waals surface area contributed by atoms with Crippen LogP contribution in [0.1, 0.15) is 32.2 Å². The molecule has 5 heteroatoms. The van der Waals surface area contributed by atoms with E-state index in [9.17, 15) is 0 Å². The van der Waals surface area contributed by atoms with Crippen molar-refractivity contribution >= 4 is 16.5 Å². The number of nitrogen functional groups attached to an aromatic ring is 1. The van der Waals surface area contributed by atoms with Crippen LogP contribution in [0.2, 0.25) is 0 Å². The quantitative estimate of drug-likeness (QED) is 0.816. The Kier molecular flexibility index (Phi) is 4.28. The molecule has 0 saturated carbocycles. The summed E-state index contributed by atoms with van der Waals surface area (Å²) in [6.07, 6.45) is 1.33. The van der Waals surface area contributed by atoms with Gasteiger partial charge in [-0.3, -0.25) is 0 Å². The molecule has 1 atom stereocenters. The average molecular weight is 215 g/mol.